The number of hydrogen-bond donors (Lipinski definition) is 1. The quantitative estimate of drug-likeness (QED) is 0.818. The number of hydrogen-bond acceptors (Lipinski definition) is 3. The molecular formula is C12H20N4O. The van der Waals surface area contributed by atoms with Gasteiger partial charge in [-0.3, -0.25) is 9.48 Å². The summed E-state index contributed by atoms with van der Waals surface area (Å²) < 4.78 is 1.65. The fourth-order valence-corrected chi connectivity index (χ4v) is 2.56. The van der Waals surface area contributed by atoms with E-state index in [2.05, 4.69) is 12.0 Å². The third-order valence-corrected chi connectivity index (χ3v) is 3.57. The molecule has 1 aliphatic heterocycles. The number of nitrogens with two attached hydrogens (primary N) is 1. The first-order chi connectivity index (χ1) is 8.13. The zero-order valence-corrected chi connectivity index (χ0v) is 10.5. The van der Waals surface area contributed by atoms with Gasteiger partial charge >= 0.3 is 0 Å². The minimum absolute atomic E-state index is 0.0556. The lowest BCUT2D eigenvalue weighted by atomic mass is 9.90. The number of aromatic nitrogens is 2. The lowest BCUT2D eigenvalue weighted by Crippen LogP contribution is -2.51. The molecule has 1 fully saturated rings. The summed E-state index contributed by atoms with van der Waals surface area (Å²) in [7, 11) is 1.82. The molecule has 1 aromatic heterocycles. The fraction of sp³-hybridized carbons (Fsp3) is 0.667. The molecule has 2 atom stereocenters. The van der Waals surface area contributed by atoms with Crippen LogP contribution in [0.4, 0.5) is 0 Å². The van der Waals surface area contributed by atoms with E-state index in [1.54, 1.807) is 17.1 Å². The SMILES string of the molecule is CC1CCCN(C(=O)c2cnn(C)c2)C1CN. The van der Waals surface area contributed by atoms with Crippen molar-refractivity contribution in [2.24, 2.45) is 18.7 Å². The minimum atomic E-state index is 0.0556. The Morgan fingerprint density at radius 3 is 3.00 bits per heavy atom. The van der Waals surface area contributed by atoms with Crippen molar-refractivity contribution in [3.63, 3.8) is 0 Å². The zero-order chi connectivity index (χ0) is 12.4. The van der Waals surface area contributed by atoms with Crippen molar-refractivity contribution in [3.8, 4) is 0 Å². The third-order valence-electron chi connectivity index (χ3n) is 3.57. The van der Waals surface area contributed by atoms with E-state index in [0.717, 1.165) is 19.4 Å². The second-order valence-electron chi connectivity index (χ2n) is 4.82. The second-order valence-corrected chi connectivity index (χ2v) is 4.82. The minimum Gasteiger partial charge on any atom is -0.334 e. The van der Waals surface area contributed by atoms with Crippen LogP contribution in [0.15, 0.2) is 12.4 Å². The molecule has 2 N–H and O–H groups in total. The first kappa shape index (κ1) is 12.1. The standard InChI is InChI=1S/C12H20N4O/c1-9-4-3-5-16(11(9)6-13)12(17)10-7-14-15(2)8-10/h7-9,11H,3-6,13H2,1-2H3. The van der Waals surface area contributed by atoms with Gasteiger partial charge in [0.15, 0.2) is 0 Å². The summed E-state index contributed by atoms with van der Waals surface area (Å²) in [6.07, 6.45) is 5.59. The molecule has 2 unspecified atom stereocenters. The first-order valence-electron chi connectivity index (χ1n) is 6.13. The lowest BCUT2D eigenvalue weighted by molar-refractivity contribution is 0.0532. The maximum Gasteiger partial charge on any atom is 0.257 e. The van der Waals surface area contributed by atoms with Gasteiger partial charge in [-0.15, -0.1) is 0 Å². The van der Waals surface area contributed by atoms with Crippen molar-refractivity contribution in [2.75, 3.05) is 13.1 Å². The Bertz CT molecular complexity index is 401. The van der Waals surface area contributed by atoms with E-state index >= 15 is 0 Å². The van der Waals surface area contributed by atoms with Crippen LogP contribution in [0.3, 0.4) is 0 Å². The molecule has 2 rings (SSSR count). The van der Waals surface area contributed by atoms with Gasteiger partial charge in [0.1, 0.15) is 0 Å². The number of amides is 1. The smallest absolute Gasteiger partial charge is 0.257 e. The van der Waals surface area contributed by atoms with Crippen molar-refractivity contribution >= 4 is 5.91 Å². The number of nitrogens with zero attached hydrogens (tertiary/aromatic N) is 3. The summed E-state index contributed by atoms with van der Waals surface area (Å²) in [6.45, 7) is 3.51. The van der Waals surface area contributed by atoms with Gasteiger partial charge in [-0.05, 0) is 18.8 Å². The van der Waals surface area contributed by atoms with E-state index in [9.17, 15) is 4.79 Å². The molecule has 5 heteroatoms. The highest BCUT2D eigenvalue weighted by molar-refractivity contribution is 5.94. The number of carbonyl (C=O) groups is 1. The third kappa shape index (κ3) is 2.34. The largest absolute Gasteiger partial charge is 0.334 e. The van der Waals surface area contributed by atoms with Crippen molar-refractivity contribution < 1.29 is 4.79 Å². The maximum absolute atomic E-state index is 12.3. The van der Waals surface area contributed by atoms with Gasteiger partial charge < -0.3 is 10.6 Å². The molecule has 1 amide bonds. The van der Waals surface area contributed by atoms with Crippen molar-refractivity contribution in [2.45, 2.75) is 25.8 Å². The van der Waals surface area contributed by atoms with Crippen LogP contribution in [0.5, 0.6) is 0 Å². The molecule has 1 aromatic rings. The number of carbonyl (C=O) groups excluding carboxylic acids is 1. The number of aryl methyl sites for hydroxylation is 1. The summed E-state index contributed by atoms with van der Waals surface area (Å²) in [6, 6.07) is 0.163. The predicted molar refractivity (Wildman–Crippen MR) is 65.5 cm³/mol. The Balaban J connectivity index is 2.17. The van der Waals surface area contributed by atoms with Gasteiger partial charge in [0.2, 0.25) is 0 Å². The number of rotatable bonds is 2. The Labute approximate surface area is 102 Å². The van der Waals surface area contributed by atoms with Crippen LogP contribution in [0.1, 0.15) is 30.1 Å². The van der Waals surface area contributed by atoms with Gasteiger partial charge in [0.05, 0.1) is 11.8 Å². The molecule has 0 spiro atoms. The molecule has 94 valence electrons. The Kier molecular flexibility index (Phi) is 3.47. The molecule has 17 heavy (non-hydrogen) atoms. The predicted octanol–water partition coefficient (Wildman–Crippen LogP) is 0.620. The summed E-state index contributed by atoms with van der Waals surface area (Å²) in [5.41, 5.74) is 6.44. The van der Waals surface area contributed by atoms with E-state index in [4.69, 9.17) is 5.73 Å². The average Bonchev–Trinajstić information content (AvgIpc) is 2.74. The summed E-state index contributed by atoms with van der Waals surface area (Å²) in [5, 5.41) is 4.04. The van der Waals surface area contributed by atoms with E-state index in [0.29, 0.717) is 18.0 Å². The Morgan fingerprint density at radius 2 is 2.41 bits per heavy atom. The van der Waals surface area contributed by atoms with Gasteiger partial charge in [0.25, 0.3) is 5.91 Å². The molecule has 0 aliphatic carbocycles. The van der Waals surface area contributed by atoms with Gasteiger partial charge in [-0.1, -0.05) is 6.92 Å². The van der Waals surface area contributed by atoms with Crippen LogP contribution in [-0.2, 0) is 7.05 Å². The van der Waals surface area contributed by atoms with E-state index in [1.807, 2.05) is 11.9 Å². The van der Waals surface area contributed by atoms with E-state index in [1.165, 1.54) is 0 Å². The molecule has 0 aromatic carbocycles. The van der Waals surface area contributed by atoms with Crippen molar-refractivity contribution in [3.05, 3.63) is 18.0 Å². The maximum atomic E-state index is 12.3. The highest BCUT2D eigenvalue weighted by atomic mass is 16.2. The zero-order valence-electron chi connectivity index (χ0n) is 10.5. The first-order valence-corrected chi connectivity index (χ1v) is 6.13. The van der Waals surface area contributed by atoms with Crippen LogP contribution in [-0.4, -0.2) is 39.7 Å². The molecule has 1 saturated heterocycles. The van der Waals surface area contributed by atoms with E-state index in [-0.39, 0.29) is 11.9 Å². The van der Waals surface area contributed by atoms with Crippen LogP contribution < -0.4 is 5.73 Å². The summed E-state index contributed by atoms with van der Waals surface area (Å²) >= 11 is 0. The fourth-order valence-electron chi connectivity index (χ4n) is 2.56. The molecule has 0 radical (unpaired) electrons. The Morgan fingerprint density at radius 1 is 1.65 bits per heavy atom. The summed E-state index contributed by atoms with van der Waals surface area (Å²) in [4.78, 5) is 14.3. The van der Waals surface area contributed by atoms with E-state index < -0.39 is 0 Å². The normalized spacial score (nSPS) is 25.0. The Hall–Kier alpha value is -1.36. The molecule has 2 heterocycles. The van der Waals surface area contributed by atoms with Crippen LogP contribution in [0, 0.1) is 5.92 Å². The molecule has 1 aliphatic rings. The average molecular weight is 236 g/mol. The number of piperidine rings is 1. The van der Waals surface area contributed by atoms with Crippen molar-refractivity contribution in [1.29, 1.82) is 0 Å². The monoisotopic (exact) mass is 236 g/mol. The van der Waals surface area contributed by atoms with Gasteiger partial charge in [0, 0.05) is 32.4 Å². The molecule has 5 nitrogen and oxygen atoms in total. The van der Waals surface area contributed by atoms with Gasteiger partial charge in [-0.2, -0.15) is 5.10 Å². The molecular weight excluding hydrogens is 216 g/mol. The van der Waals surface area contributed by atoms with Gasteiger partial charge in [-0.25, -0.2) is 0 Å². The second kappa shape index (κ2) is 4.87. The highest BCUT2D eigenvalue weighted by Crippen LogP contribution is 2.24. The lowest BCUT2D eigenvalue weighted by Gasteiger charge is -2.39. The van der Waals surface area contributed by atoms with Crippen LogP contribution in [0.2, 0.25) is 0 Å². The topological polar surface area (TPSA) is 64.2 Å². The molecule has 0 saturated carbocycles. The number of likely N-dealkylation sites (tertiary alicyclic amines) is 1. The highest BCUT2D eigenvalue weighted by Gasteiger charge is 2.31. The van der Waals surface area contributed by atoms with Crippen molar-refractivity contribution in [1.82, 2.24) is 14.7 Å². The van der Waals surface area contributed by atoms with Crippen LogP contribution in [0.25, 0.3) is 0 Å². The summed E-state index contributed by atoms with van der Waals surface area (Å²) in [5.74, 6) is 0.537. The molecule has 0 bridgehead atoms. The van der Waals surface area contributed by atoms with Crippen LogP contribution >= 0.6 is 0 Å².